The van der Waals surface area contributed by atoms with Gasteiger partial charge < -0.3 is 14.4 Å². The lowest BCUT2D eigenvalue weighted by Gasteiger charge is -2.40. The van der Waals surface area contributed by atoms with Gasteiger partial charge >= 0.3 is 0 Å². The van der Waals surface area contributed by atoms with E-state index in [-0.39, 0.29) is 11.6 Å². The maximum absolute atomic E-state index is 12.9. The summed E-state index contributed by atoms with van der Waals surface area (Å²) in [5.74, 6) is 0.921. The van der Waals surface area contributed by atoms with Gasteiger partial charge in [-0.2, -0.15) is 0 Å². The van der Waals surface area contributed by atoms with Crippen LogP contribution < -0.4 is 4.74 Å². The molecule has 0 N–H and O–H groups in total. The van der Waals surface area contributed by atoms with Gasteiger partial charge in [0.15, 0.2) is 0 Å². The van der Waals surface area contributed by atoms with E-state index in [2.05, 4.69) is 6.92 Å². The molecular formula is C19H27NO3. The van der Waals surface area contributed by atoms with E-state index in [0.29, 0.717) is 13.2 Å². The van der Waals surface area contributed by atoms with Crippen LogP contribution in [-0.4, -0.2) is 36.3 Å². The first-order chi connectivity index (χ1) is 11.2. The van der Waals surface area contributed by atoms with Crippen molar-refractivity contribution in [2.45, 2.75) is 57.6 Å². The van der Waals surface area contributed by atoms with Crippen molar-refractivity contribution < 1.29 is 14.3 Å². The van der Waals surface area contributed by atoms with Gasteiger partial charge in [-0.25, -0.2) is 0 Å². The van der Waals surface area contributed by atoms with Crippen molar-refractivity contribution in [3.05, 3.63) is 29.8 Å². The third-order valence-electron chi connectivity index (χ3n) is 4.93. The van der Waals surface area contributed by atoms with Crippen LogP contribution in [0.2, 0.25) is 0 Å². The minimum absolute atomic E-state index is 0.0875. The number of hydrogen-bond donors (Lipinski definition) is 0. The highest BCUT2D eigenvalue weighted by molar-refractivity contribution is 5.95. The van der Waals surface area contributed by atoms with Gasteiger partial charge in [-0.05, 0) is 56.4 Å². The van der Waals surface area contributed by atoms with E-state index in [1.165, 1.54) is 6.42 Å². The molecule has 1 amide bonds. The zero-order valence-electron chi connectivity index (χ0n) is 14.1. The van der Waals surface area contributed by atoms with Crippen molar-refractivity contribution in [1.82, 2.24) is 4.90 Å². The molecule has 0 atom stereocenters. The summed E-state index contributed by atoms with van der Waals surface area (Å²) < 4.78 is 11.7. The number of benzene rings is 1. The van der Waals surface area contributed by atoms with Crippen LogP contribution in [0.4, 0.5) is 0 Å². The molecule has 0 bridgehead atoms. The Kier molecular flexibility index (Phi) is 5.21. The molecule has 4 heteroatoms. The van der Waals surface area contributed by atoms with E-state index in [4.69, 9.17) is 9.47 Å². The molecule has 2 fully saturated rings. The Morgan fingerprint density at radius 1 is 1.22 bits per heavy atom. The van der Waals surface area contributed by atoms with Crippen LogP contribution in [0.15, 0.2) is 24.3 Å². The number of ether oxygens (including phenoxy) is 2. The first kappa shape index (κ1) is 16.3. The summed E-state index contributed by atoms with van der Waals surface area (Å²) >= 11 is 0. The van der Waals surface area contributed by atoms with Crippen molar-refractivity contribution in [2.24, 2.45) is 0 Å². The van der Waals surface area contributed by atoms with E-state index in [1.807, 2.05) is 29.2 Å². The van der Waals surface area contributed by atoms with Crippen LogP contribution in [0.5, 0.6) is 5.75 Å². The Morgan fingerprint density at radius 3 is 2.65 bits per heavy atom. The third kappa shape index (κ3) is 3.52. The van der Waals surface area contributed by atoms with E-state index in [9.17, 15) is 4.79 Å². The highest BCUT2D eigenvalue weighted by Crippen LogP contribution is 2.38. The summed E-state index contributed by atoms with van der Waals surface area (Å²) in [5.41, 5.74) is 0.384. The Labute approximate surface area is 138 Å². The van der Waals surface area contributed by atoms with Crippen molar-refractivity contribution in [3.8, 4) is 5.75 Å². The summed E-state index contributed by atoms with van der Waals surface area (Å²) in [6.45, 7) is 4.23. The smallest absolute Gasteiger partial charge is 0.256 e. The molecule has 4 nitrogen and oxygen atoms in total. The number of amides is 1. The van der Waals surface area contributed by atoms with Gasteiger partial charge in [-0.3, -0.25) is 4.79 Å². The lowest BCUT2D eigenvalue weighted by atomic mass is 9.90. The monoisotopic (exact) mass is 317 g/mol. The maximum Gasteiger partial charge on any atom is 0.256 e. The molecule has 1 aliphatic heterocycles. The lowest BCUT2D eigenvalue weighted by molar-refractivity contribution is -0.0919. The van der Waals surface area contributed by atoms with E-state index >= 15 is 0 Å². The minimum atomic E-state index is -0.342. The summed E-state index contributed by atoms with van der Waals surface area (Å²) in [5, 5.41) is 0. The summed E-state index contributed by atoms with van der Waals surface area (Å²) in [4.78, 5) is 14.9. The molecule has 1 heterocycles. The fourth-order valence-electron chi connectivity index (χ4n) is 3.60. The van der Waals surface area contributed by atoms with Crippen LogP contribution in [0.3, 0.4) is 0 Å². The molecule has 1 saturated heterocycles. The molecule has 2 aliphatic rings. The third-order valence-corrected chi connectivity index (χ3v) is 4.93. The van der Waals surface area contributed by atoms with Crippen LogP contribution >= 0.6 is 0 Å². The second-order valence-electron chi connectivity index (χ2n) is 6.54. The van der Waals surface area contributed by atoms with Crippen molar-refractivity contribution >= 4 is 5.91 Å². The number of carbonyl (C=O) groups excluding carboxylic acids is 1. The Balaban J connectivity index is 1.67. The zero-order valence-corrected chi connectivity index (χ0v) is 14.1. The normalized spacial score (nSPS) is 20.0. The van der Waals surface area contributed by atoms with Gasteiger partial charge in [-0.1, -0.05) is 19.8 Å². The largest absolute Gasteiger partial charge is 0.494 e. The van der Waals surface area contributed by atoms with E-state index in [0.717, 1.165) is 56.4 Å². The minimum Gasteiger partial charge on any atom is -0.494 e. The average Bonchev–Trinajstić information content (AvgIpc) is 2.98. The first-order valence-electron chi connectivity index (χ1n) is 8.94. The maximum atomic E-state index is 12.9. The van der Waals surface area contributed by atoms with E-state index < -0.39 is 0 Å². The van der Waals surface area contributed by atoms with Crippen molar-refractivity contribution in [3.63, 3.8) is 0 Å². The van der Waals surface area contributed by atoms with Gasteiger partial charge in [0.2, 0.25) is 0 Å². The van der Waals surface area contributed by atoms with Gasteiger partial charge in [0, 0.05) is 12.1 Å². The number of carbonyl (C=O) groups is 1. The molecule has 1 spiro atoms. The zero-order chi connectivity index (χ0) is 16.1. The van der Waals surface area contributed by atoms with Crippen LogP contribution in [0.1, 0.15) is 62.2 Å². The topological polar surface area (TPSA) is 38.8 Å². The molecule has 126 valence electrons. The first-order valence-corrected chi connectivity index (χ1v) is 8.94. The second-order valence-corrected chi connectivity index (χ2v) is 6.54. The standard InChI is InChI=1S/C19H27NO3/c1-2-3-14-22-17-9-7-16(8-10-17)18(21)20-13-15-23-19(20)11-5-4-6-12-19/h7-10H,2-6,11-15H2,1H3. The SMILES string of the molecule is CCCCOc1ccc(C(=O)N2CCOC23CCCCC3)cc1. The Bertz CT molecular complexity index is 520. The van der Waals surface area contributed by atoms with Gasteiger partial charge in [0.1, 0.15) is 11.5 Å². The van der Waals surface area contributed by atoms with Gasteiger partial charge in [0.05, 0.1) is 13.2 Å². The predicted molar refractivity (Wildman–Crippen MR) is 89.6 cm³/mol. The summed E-state index contributed by atoms with van der Waals surface area (Å²) in [6, 6.07) is 7.54. The molecule has 1 aromatic carbocycles. The fraction of sp³-hybridized carbons (Fsp3) is 0.632. The van der Waals surface area contributed by atoms with Crippen molar-refractivity contribution in [1.29, 1.82) is 0 Å². The number of nitrogens with zero attached hydrogens (tertiary/aromatic N) is 1. The second kappa shape index (κ2) is 7.35. The molecule has 23 heavy (non-hydrogen) atoms. The average molecular weight is 317 g/mol. The quantitative estimate of drug-likeness (QED) is 0.771. The fourth-order valence-corrected chi connectivity index (χ4v) is 3.60. The van der Waals surface area contributed by atoms with Crippen LogP contribution in [0.25, 0.3) is 0 Å². The molecular weight excluding hydrogens is 290 g/mol. The molecule has 0 unspecified atom stereocenters. The molecule has 0 aromatic heterocycles. The highest BCUT2D eigenvalue weighted by atomic mass is 16.5. The molecule has 1 saturated carbocycles. The predicted octanol–water partition coefficient (Wildman–Crippen LogP) is 4.00. The van der Waals surface area contributed by atoms with Gasteiger partial charge in [-0.15, -0.1) is 0 Å². The van der Waals surface area contributed by atoms with Crippen molar-refractivity contribution in [2.75, 3.05) is 19.8 Å². The lowest BCUT2D eigenvalue weighted by Crippen LogP contribution is -2.49. The van der Waals surface area contributed by atoms with E-state index in [1.54, 1.807) is 0 Å². The highest BCUT2D eigenvalue weighted by Gasteiger charge is 2.45. The van der Waals surface area contributed by atoms with Crippen LogP contribution in [-0.2, 0) is 4.74 Å². The summed E-state index contributed by atoms with van der Waals surface area (Å²) in [7, 11) is 0. The summed E-state index contributed by atoms with van der Waals surface area (Å²) in [6.07, 6.45) is 7.65. The number of rotatable bonds is 5. The Hall–Kier alpha value is -1.55. The molecule has 3 rings (SSSR count). The Morgan fingerprint density at radius 2 is 1.96 bits per heavy atom. The number of unbranched alkanes of at least 4 members (excludes halogenated alkanes) is 1. The van der Waals surface area contributed by atoms with Gasteiger partial charge in [0.25, 0.3) is 5.91 Å². The molecule has 1 aromatic rings. The van der Waals surface area contributed by atoms with Crippen LogP contribution in [0, 0.1) is 0 Å². The number of hydrogen-bond acceptors (Lipinski definition) is 3. The molecule has 1 aliphatic carbocycles. The molecule has 0 radical (unpaired) electrons.